The van der Waals surface area contributed by atoms with Gasteiger partial charge in [0.05, 0.1) is 0 Å². The number of rotatable bonds is 7. The van der Waals surface area contributed by atoms with Gasteiger partial charge in [-0.15, -0.1) is 0 Å². The molecule has 0 radical (unpaired) electrons. The lowest BCUT2D eigenvalue weighted by molar-refractivity contribution is -0.122. The molecule has 1 saturated heterocycles. The highest BCUT2D eigenvalue weighted by molar-refractivity contribution is 5.76. The van der Waals surface area contributed by atoms with Gasteiger partial charge in [0.2, 0.25) is 5.91 Å². The number of carbonyl (C=O) groups excluding carboxylic acids is 1. The Balaban J connectivity index is 2.32. The van der Waals surface area contributed by atoms with Crippen molar-refractivity contribution in [2.24, 2.45) is 5.73 Å². The van der Waals surface area contributed by atoms with Gasteiger partial charge < -0.3 is 16.0 Å². The summed E-state index contributed by atoms with van der Waals surface area (Å²) in [6.07, 6.45) is 0.505. The first-order valence-electron chi connectivity index (χ1n) is 7.08. The number of piperazine rings is 1. The molecule has 0 aliphatic carbocycles. The number of carbonyl (C=O) groups is 1. The number of hydrogen-bond donors (Lipinski definition) is 2. The first-order valence-corrected chi connectivity index (χ1v) is 7.08. The molecule has 3 N–H and O–H groups in total. The van der Waals surface area contributed by atoms with Gasteiger partial charge >= 0.3 is 0 Å². The van der Waals surface area contributed by atoms with Crippen LogP contribution >= 0.6 is 0 Å². The Hall–Kier alpha value is -0.690. The zero-order chi connectivity index (χ0) is 14.3. The summed E-state index contributed by atoms with van der Waals surface area (Å²) < 4.78 is 0. The molecule has 6 nitrogen and oxygen atoms in total. The Morgan fingerprint density at radius 2 is 1.95 bits per heavy atom. The second kappa shape index (κ2) is 8.47. The van der Waals surface area contributed by atoms with Crippen molar-refractivity contribution in [1.29, 1.82) is 0 Å². The van der Waals surface area contributed by atoms with E-state index >= 15 is 0 Å². The highest BCUT2D eigenvalue weighted by atomic mass is 16.1. The van der Waals surface area contributed by atoms with Crippen LogP contribution in [0.15, 0.2) is 0 Å². The number of nitrogens with two attached hydrogens (primary N) is 1. The summed E-state index contributed by atoms with van der Waals surface area (Å²) in [7, 11) is 5.88. The van der Waals surface area contributed by atoms with E-state index in [1.54, 1.807) is 7.05 Å². The lowest BCUT2D eigenvalue weighted by Crippen LogP contribution is -2.54. The summed E-state index contributed by atoms with van der Waals surface area (Å²) in [5.41, 5.74) is 5.80. The van der Waals surface area contributed by atoms with E-state index in [9.17, 15) is 4.79 Å². The summed E-state index contributed by atoms with van der Waals surface area (Å²) in [4.78, 5) is 18.5. The maximum Gasteiger partial charge on any atom is 0.221 e. The van der Waals surface area contributed by atoms with E-state index in [0.29, 0.717) is 13.0 Å². The van der Waals surface area contributed by atoms with E-state index in [-0.39, 0.29) is 11.9 Å². The lowest BCUT2D eigenvalue weighted by Gasteiger charge is -2.39. The second-order valence-electron chi connectivity index (χ2n) is 5.45. The van der Waals surface area contributed by atoms with Crippen LogP contribution in [0.25, 0.3) is 0 Å². The zero-order valence-corrected chi connectivity index (χ0v) is 12.6. The summed E-state index contributed by atoms with van der Waals surface area (Å²) in [6, 6.07) is 0.177. The van der Waals surface area contributed by atoms with Crippen LogP contribution in [-0.4, -0.2) is 93.6 Å². The van der Waals surface area contributed by atoms with Crippen molar-refractivity contribution in [2.75, 3.05) is 67.0 Å². The summed E-state index contributed by atoms with van der Waals surface area (Å²) in [5, 5.41) is 2.67. The Labute approximate surface area is 116 Å². The summed E-state index contributed by atoms with van der Waals surface area (Å²) >= 11 is 0. The van der Waals surface area contributed by atoms with Crippen LogP contribution in [0, 0.1) is 0 Å². The molecule has 1 atom stereocenters. The maximum absolute atomic E-state index is 11.5. The Morgan fingerprint density at radius 3 is 2.42 bits per heavy atom. The molecule has 0 bridgehead atoms. The minimum atomic E-state index is 0.0745. The number of nitrogens with one attached hydrogen (secondary N) is 1. The van der Waals surface area contributed by atoms with Crippen LogP contribution in [0.5, 0.6) is 0 Å². The van der Waals surface area contributed by atoms with Crippen LogP contribution in [0.2, 0.25) is 0 Å². The molecule has 1 unspecified atom stereocenters. The molecule has 0 aromatic rings. The van der Waals surface area contributed by atoms with Crippen molar-refractivity contribution in [2.45, 2.75) is 12.5 Å². The van der Waals surface area contributed by atoms with Crippen molar-refractivity contribution in [3.05, 3.63) is 0 Å². The molecular weight excluding hydrogens is 242 g/mol. The van der Waals surface area contributed by atoms with Gasteiger partial charge in [-0.3, -0.25) is 14.6 Å². The molecule has 1 aliphatic rings. The van der Waals surface area contributed by atoms with Crippen molar-refractivity contribution in [3.8, 4) is 0 Å². The van der Waals surface area contributed by atoms with E-state index in [2.05, 4.69) is 34.1 Å². The molecule has 1 fully saturated rings. The topological polar surface area (TPSA) is 64.8 Å². The van der Waals surface area contributed by atoms with Gasteiger partial charge in [-0.25, -0.2) is 0 Å². The predicted octanol–water partition coefficient (Wildman–Crippen LogP) is -1.37. The van der Waals surface area contributed by atoms with E-state index in [1.165, 1.54) is 0 Å². The normalized spacial score (nSPS) is 19.6. The zero-order valence-electron chi connectivity index (χ0n) is 12.6. The molecule has 1 amide bonds. The van der Waals surface area contributed by atoms with E-state index in [4.69, 9.17) is 5.73 Å². The Kier molecular flexibility index (Phi) is 7.30. The number of hydrogen-bond acceptors (Lipinski definition) is 5. The molecule has 0 spiro atoms. The third kappa shape index (κ3) is 5.86. The predicted molar refractivity (Wildman–Crippen MR) is 78.1 cm³/mol. The van der Waals surface area contributed by atoms with Crippen LogP contribution in [0.1, 0.15) is 6.42 Å². The highest BCUT2D eigenvalue weighted by Gasteiger charge is 2.24. The largest absolute Gasteiger partial charge is 0.359 e. The molecular formula is C13H29N5O. The second-order valence-corrected chi connectivity index (χ2v) is 5.45. The summed E-state index contributed by atoms with van der Waals surface area (Å²) in [6.45, 7) is 6.90. The molecule has 1 aliphatic heterocycles. The highest BCUT2D eigenvalue weighted by Crippen LogP contribution is 2.08. The van der Waals surface area contributed by atoms with Crippen LogP contribution in [0.3, 0.4) is 0 Å². The number of nitrogens with zero attached hydrogens (tertiary/aromatic N) is 3. The average Bonchev–Trinajstić information content (AvgIpc) is 2.42. The van der Waals surface area contributed by atoms with E-state index in [0.717, 1.165) is 39.3 Å². The van der Waals surface area contributed by atoms with Crippen LogP contribution in [0.4, 0.5) is 0 Å². The molecule has 1 heterocycles. The number of likely N-dealkylation sites (N-methyl/N-ethyl adjacent to an activating group) is 1. The van der Waals surface area contributed by atoms with Gasteiger partial charge in [0.1, 0.15) is 0 Å². The first kappa shape index (κ1) is 16.4. The van der Waals surface area contributed by atoms with Gasteiger partial charge in [0.25, 0.3) is 0 Å². The maximum atomic E-state index is 11.5. The van der Waals surface area contributed by atoms with Gasteiger partial charge in [-0.05, 0) is 14.1 Å². The van der Waals surface area contributed by atoms with Gasteiger partial charge in [-0.1, -0.05) is 0 Å². The fourth-order valence-electron chi connectivity index (χ4n) is 2.37. The standard InChI is InChI=1S/C13H29N5O/c1-15-13(19)10-12(11-14)18-8-6-17(7-9-18)5-4-16(2)3/h12H,4-11,14H2,1-3H3,(H,15,19). The average molecular weight is 271 g/mol. The Morgan fingerprint density at radius 1 is 1.32 bits per heavy atom. The SMILES string of the molecule is CNC(=O)CC(CN)N1CCN(CCN(C)C)CC1. The minimum absolute atomic E-state index is 0.0745. The molecule has 0 aromatic carbocycles. The van der Waals surface area contributed by atoms with Gasteiger partial charge in [0.15, 0.2) is 0 Å². The lowest BCUT2D eigenvalue weighted by atomic mass is 10.1. The number of amides is 1. The van der Waals surface area contributed by atoms with Crippen molar-refractivity contribution in [3.63, 3.8) is 0 Å². The minimum Gasteiger partial charge on any atom is -0.359 e. The van der Waals surface area contributed by atoms with E-state index in [1.807, 2.05) is 0 Å². The quantitative estimate of drug-likeness (QED) is 0.598. The smallest absolute Gasteiger partial charge is 0.221 e. The van der Waals surface area contributed by atoms with Crippen molar-refractivity contribution < 1.29 is 4.79 Å². The molecule has 0 saturated carbocycles. The monoisotopic (exact) mass is 271 g/mol. The summed E-state index contributed by atoms with van der Waals surface area (Å²) in [5.74, 6) is 0.0745. The van der Waals surface area contributed by atoms with Crippen LogP contribution in [-0.2, 0) is 4.79 Å². The molecule has 1 rings (SSSR count). The van der Waals surface area contributed by atoms with Crippen molar-refractivity contribution in [1.82, 2.24) is 20.0 Å². The van der Waals surface area contributed by atoms with Gasteiger partial charge in [-0.2, -0.15) is 0 Å². The molecule has 19 heavy (non-hydrogen) atoms. The van der Waals surface area contributed by atoms with Gasteiger partial charge in [0, 0.05) is 65.3 Å². The van der Waals surface area contributed by atoms with Crippen molar-refractivity contribution >= 4 is 5.91 Å². The Bertz CT molecular complexity index is 264. The first-order chi connectivity index (χ1) is 9.06. The third-order valence-electron chi connectivity index (χ3n) is 3.76. The van der Waals surface area contributed by atoms with Crippen LogP contribution < -0.4 is 11.1 Å². The third-order valence-corrected chi connectivity index (χ3v) is 3.76. The van der Waals surface area contributed by atoms with E-state index < -0.39 is 0 Å². The fraction of sp³-hybridized carbons (Fsp3) is 0.923. The fourth-order valence-corrected chi connectivity index (χ4v) is 2.37. The molecule has 112 valence electrons. The molecule has 0 aromatic heterocycles. The molecule has 6 heteroatoms.